The number of benzene rings is 1. The highest BCUT2D eigenvalue weighted by atomic mass is 35.5. The molecule has 0 amide bonds. The Morgan fingerprint density at radius 2 is 1.78 bits per heavy atom. The summed E-state index contributed by atoms with van der Waals surface area (Å²) in [6, 6.07) is 10.6. The van der Waals surface area contributed by atoms with Crippen LogP contribution in [0.2, 0.25) is 5.02 Å². The maximum absolute atomic E-state index is 6.04. The number of nitrogens with zero attached hydrogens (tertiary/aromatic N) is 1. The molecule has 0 saturated heterocycles. The molecule has 94 valence electrons. The highest BCUT2D eigenvalue weighted by molar-refractivity contribution is 6.31. The van der Waals surface area contributed by atoms with E-state index in [0.29, 0.717) is 5.02 Å². The number of aromatic nitrogens is 1. The van der Waals surface area contributed by atoms with Crippen molar-refractivity contribution in [2.45, 2.75) is 26.4 Å². The molecule has 0 saturated carbocycles. The smallest absolute Gasteiger partial charge is 0.0634 e. The first-order valence-electron chi connectivity index (χ1n) is 6.16. The summed E-state index contributed by atoms with van der Waals surface area (Å²) in [6.07, 6.45) is 4.52. The summed E-state index contributed by atoms with van der Waals surface area (Å²) in [7, 11) is 0. The molecule has 3 heteroatoms. The summed E-state index contributed by atoms with van der Waals surface area (Å²) >= 11 is 6.04. The van der Waals surface area contributed by atoms with Gasteiger partial charge in [-0.2, -0.15) is 0 Å². The Hall–Kier alpha value is -1.38. The second-order valence-corrected chi connectivity index (χ2v) is 4.65. The molecule has 2 rings (SSSR count). The molecule has 1 N–H and O–H groups in total. The van der Waals surface area contributed by atoms with Crippen molar-refractivity contribution >= 4 is 11.6 Å². The van der Waals surface area contributed by atoms with E-state index in [4.69, 9.17) is 11.6 Å². The molecule has 1 heterocycles. The van der Waals surface area contributed by atoms with E-state index in [-0.39, 0.29) is 0 Å². The van der Waals surface area contributed by atoms with Crippen molar-refractivity contribution in [1.82, 2.24) is 10.3 Å². The molecule has 0 unspecified atom stereocenters. The fraction of sp³-hybridized carbons (Fsp3) is 0.267. The van der Waals surface area contributed by atoms with Crippen LogP contribution in [0.3, 0.4) is 0 Å². The molecule has 0 fully saturated rings. The highest BCUT2D eigenvalue weighted by Gasteiger charge is 1.99. The maximum atomic E-state index is 6.04. The van der Waals surface area contributed by atoms with Crippen molar-refractivity contribution in [2.24, 2.45) is 0 Å². The first-order valence-corrected chi connectivity index (χ1v) is 6.54. The van der Waals surface area contributed by atoms with E-state index >= 15 is 0 Å². The van der Waals surface area contributed by atoms with Crippen LogP contribution in [-0.2, 0) is 19.5 Å². The van der Waals surface area contributed by atoms with Gasteiger partial charge in [-0.3, -0.25) is 4.98 Å². The van der Waals surface area contributed by atoms with Crippen LogP contribution in [0.1, 0.15) is 23.6 Å². The second kappa shape index (κ2) is 6.53. The zero-order valence-electron chi connectivity index (χ0n) is 10.5. The van der Waals surface area contributed by atoms with Crippen molar-refractivity contribution in [3.05, 3.63) is 64.4 Å². The van der Waals surface area contributed by atoms with Crippen LogP contribution in [0.4, 0.5) is 0 Å². The van der Waals surface area contributed by atoms with E-state index in [9.17, 15) is 0 Å². The van der Waals surface area contributed by atoms with Gasteiger partial charge in [0.15, 0.2) is 0 Å². The molecule has 2 aromatic rings. The molecule has 0 aliphatic carbocycles. The Bertz CT molecular complexity index is 494. The van der Waals surface area contributed by atoms with Crippen LogP contribution < -0.4 is 5.32 Å². The van der Waals surface area contributed by atoms with Crippen LogP contribution in [0, 0.1) is 0 Å². The Labute approximate surface area is 113 Å². The molecule has 1 aromatic carbocycles. The van der Waals surface area contributed by atoms with Gasteiger partial charge in [0, 0.05) is 25.5 Å². The largest absolute Gasteiger partial charge is 0.309 e. The van der Waals surface area contributed by atoms with E-state index < -0.39 is 0 Å². The lowest BCUT2D eigenvalue weighted by atomic mass is 10.1. The van der Waals surface area contributed by atoms with E-state index in [1.54, 1.807) is 12.4 Å². The minimum atomic E-state index is 0.714. The monoisotopic (exact) mass is 260 g/mol. The lowest BCUT2D eigenvalue weighted by Crippen LogP contribution is -2.13. The topological polar surface area (TPSA) is 24.9 Å². The molecule has 0 radical (unpaired) electrons. The van der Waals surface area contributed by atoms with Gasteiger partial charge in [-0.25, -0.2) is 0 Å². The molecule has 0 aliphatic rings. The lowest BCUT2D eigenvalue weighted by molar-refractivity contribution is 0.692. The fourth-order valence-corrected chi connectivity index (χ4v) is 1.97. The number of halogens is 1. The average molecular weight is 261 g/mol. The van der Waals surface area contributed by atoms with Gasteiger partial charge in [-0.15, -0.1) is 0 Å². The zero-order chi connectivity index (χ0) is 12.8. The molecular formula is C15H17ClN2. The lowest BCUT2D eigenvalue weighted by Gasteiger charge is -2.07. The summed E-state index contributed by atoms with van der Waals surface area (Å²) < 4.78 is 0. The number of hydrogen-bond acceptors (Lipinski definition) is 2. The Morgan fingerprint density at radius 3 is 2.44 bits per heavy atom. The van der Waals surface area contributed by atoms with Gasteiger partial charge in [0.05, 0.1) is 5.02 Å². The van der Waals surface area contributed by atoms with Gasteiger partial charge in [0.25, 0.3) is 0 Å². The number of nitrogens with one attached hydrogen (secondary N) is 1. The van der Waals surface area contributed by atoms with Crippen LogP contribution >= 0.6 is 11.6 Å². The van der Waals surface area contributed by atoms with Crippen molar-refractivity contribution in [2.75, 3.05) is 0 Å². The molecule has 1 aromatic heterocycles. The summed E-state index contributed by atoms with van der Waals surface area (Å²) in [6.45, 7) is 3.78. The Kier molecular flexibility index (Phi) is 4.73. The van der Waals surface area contributed by atoms with Gasteiger partial charge in [0.2, 0.25) is 0 Å². The number of pyridine rings is 1. The minimum Gasteiger partial charge on any atom is -0.309 e. The van der Waals surface area contributed by atoms with E-state index in [1.807, 2.05) is 6.07 Å². The van der Waals surface area contributed by atoms with E-state index in [1.165, 1.54) is 11.1 Å². The van der Waals surface area contributed by atoms with Crippen molar-refractivity contribution < 1.29 is 0 Å². The molecule has 0 spiro atoms. The predicted octanol–water partition coefficient (Wildman–Crippen LogP) is 3.59. The van der Waals surface area contributed by atoms with Gasteiger partial charge < -0.3 is 5.32 Å². The summed E-state index contributed by atoms with van der Waals surface area (Å²) in [5.74, 6) is 0. The van der Waals surface area contributed by atoms with E-state index in [0.717, 1.165) is 25.1 Å². The molecule has 0 atom stereocenters. The maximum Gasteiger partial charge on any atom is 0.0634 e. The number of rotatable bonds is 5. The molecule has 18 heavy (non-hydrogen) atoms. The number of aryl methyl sites for hydroxylation is 1. The van der Waals surface area contributed by atoms with Crippen molar-refractivity contribution in [3.63, 3.8) is 0 Å². The van der Waals surface area contributed by atoms with Crippen molar-refractivity contribution in [1.29, 1.82) is 0 Å². The second-order valence-electron chi connectivity index (χ2n) is 4.24. The van der Waals surface area contributed by atoms with Crippen molar-refractivity contribution in [3.8, 4) is 0 Å². The van der Waals surface area contributed by atoms with Gasteiger partial charge in [-0.1, -0.05) is 42.8 Å². The Balaban J connectivity index is 1.86. The van der Waals surface area contributed by atoms with Crippen LogP contribution in [0.15, 0.2) is 42.7 Å². The molecule has 2 nitrogen and oxygen atoms in total. The quantitative estimate of drug-likeness (QED) is 0.889. The third kappa shape index (κ3) is 3.56. The summed E-state index contributed by atoms with van der Waals surface area (Å²) in [5.41, 5.74) is 3.74. The minimum absolute atomic E-state index is 0.714. The molecular weight excluding hydrogens is 244 g/mol. The molecule has 0 aliphatic heterocycles. The van der Waals surface area contributed by atoms with E-state index in [2.05, 4.69) is 41.5 Å². The zero-order valence-corrected chi connectivity index (χ0v) is 11.2. The standard InChI is InChI=1S/C15H17ClN2/c1-2-12-3-5-13(6-4-12)9-18-10-14-7-8-17-11-15(14)16/h3-8,11,18H,2,9-10H2,1H3. The number of hydrogen-bond donors (Lipinski definition) is 1. The third-order valence-electron chi connectivity index (χ3n) is 2.93. The average Bonchev–Trinajstić information content (AvgIpc) is 2.42. The molecule has 0 bridgehead atoms. The van der Waals surface area contributed by atoms with Crippen LogP contribution in [0.5, 0.6) is 0 Å². The fourth-order valence-electron chi connectivity index (χ4n) is 1.78. The Morgan fingerprint density at radius 1 is 1.06 bits per heavy atom. The summed E-state index contributed by atoms with van der Waals surface area (Å²) in [4.78, 5) is 3.97. The van der Waals surface area contributed by atoms with Gasteiger partial charge in [0.1, 0.15) is 0 Å². The first-order chi connectivity index (χ1) is 8.79. The normalized spacial score (nSPS) is 10.6. The van der Waals surface area contributed by atoms with Gasteiger partial charge >= 0.3 is 0 Å². The highest BCUT2D eigenvalue weighted by Crippen LogP contribution is 2.13. The van der Waals surface area contributed by atoms with Crippen LogP contribution in [-0.4, -0.2) is 4.98 Å². The van der Waals surface area contributed by atoms with Crippen LogP contribution in [0.25, 0.3) is 0 Å². The van der Waals surface area contributed by atoms with Gasteiger partial charge in [-0.05, 0) is 29.2 Å². The third-order valence-corrected chi connectivity index (χ3v) is 3.27. The predicted molar refractivity (Wildman–Crippen MR) is 75.6 cm³/mol. The summed E-state index contributed by atoms with van der Waals surface area (Å²) in [5, 5.41) is 4.10. The SMILES string of the molecule is CCc1ccc(CNCc2ccncc2Cl)cc1. The first kappa shape index (κ1) is 13.1.